The second-order valence-electron chi connectivity index (χ2n) is 15.1. The molecule has 6 aromatic heterocycles. The molecule has 0 aliphatic rings. The normalized spacial score (nSPS) is 12.0. The monoisotopic (exact) mass is 762 g/mol. The van der Waals surface area contributed by atoms with Gasteiger partial charge in [-0.1, -0.05) is 109 Å². The summed E-state index contributed by atoms with van der Waals surface area (Å²) in [6, 6.07) is 47.6. The van der Waals surface area contributed by atoms with Crippen molar-refractivity contribution in [3.63, 3.8) is 0 Å². The van der Waals surface area contributed by atoms with Gasteiger partial charge in [0.15, 0.2) is 0 Å². The molecule has 0 saturated heterocycles. The highest BCUT2D eigenvalue weighted by molar-refractivity contribution is 6.35. The van der Waals surface area contributed by atoms with Gasteiger partial charge in [-0.15, -0.1) is 0 Å². The summed E-state index contributed by atoms with van der Waals surface area (Å²) in [6.45, 7) is 9.10. The largest absolute Gasteiger partial charge is 0.287 e. The molecule has 0 saturated carbocycles. The van der Waals surface area contributed by atoms with Gasteiger partial charge in [-0.25, -0.2) is 24.8 Å². The molecule has 0 N–H and O–H groups in total. The van der Waals surface area contributed by atoms with Gasteiger partial charge in [-0.05, 0) is 78.5 Å². The molecule has 0 amide bonds. The molecule has 0 fully saturated rings. The lowest BCUT2D eigenvalue weighted by Crippen LogP contribution is -2.10. The summed E-state index contributed by atoms with van der Waals surface area (Å²) in [6.07, 6.45) is 7.36. The zero-order valence-corrected chi connectivity index (χ0v) is 31.6. The van der Waals surface area contributed by atoms with Crippen LogP contribution in [0.25, 0.3) is 126 Å². The van der Waals surface area contributed by atoms with Crippen molar-refractivity contribution < 1.29 is 0 Å². The van der Waals surface area contributed by atoms with Crippen LogP contribution in [0.4, 0.5) is 5.69 Å². The average Bonchev–Trinajstić information content (AvgIpc) is 3.84. The molecule has 0 spiro atoms. The first-order valence-corrected chi connectivity index (χ1v) is 19.7. The molecule has 13 aromatic rings. The Kier molecular flexibility index (Phi) is 6.42. The minimum atomic E-state index is 0.315. The quantitative estimate of drug-likeness (QED) is 0.132. The number of hydrogen-bond acceptors (Lipinski definition) is 5. The van der Waals surface area contributed by atoms with Gasteiger partial charge in [-0.3, -0.25) is 9.13 Å². The zero-order chi connectivity index (χ0) is 39.6. The molecule has 0 aliphatic heterocycles. The first-order chi connectivity index (χ1) is 29.8. The van der Waals surface area contributed by atoms with Gasteiger partial charge in [0.1, 0.15) is 28.7 Å². The number of hydrogen-bond donors (Lipinski definition) is 0. The summed E-state index contributed by atoms with van der Waals surface area (Å²) in [5.41, 5.74) is 7.21. The third kappa shape index (κ3) is 4.01. The van der Waals surface area contributed by atoms with E-state index in [9.17, 15) is 5.26 Å². The molecule has 7 aromatic carbocycles. The first-order valence-electron chi connectivity index (χ1n) is 19.7. The van der Waals surface area contributed by atoms with Crippen LogP contribution in [-0.2, 0) is 0 Å². The lowest BCUT2D eigenvalue weighted by molar-refractivity contribution is 1.07. The fraction of sp³-hybridized carbons (Fsp3) is 0. The number of nitriles is 1. The van der Waals surface area contributed by atoms with Crippen molar-refractivity contribution in [2.24, 2.45) is 0 Å². The molecule has 0 bridgehead atoms. The number of pyridine rings is 4. The van der Waals surface area contributed by atoms with Crippen LogP contribution in [0.2, 0.25) is 0 Å². The van der Waals surface area contributed by atoms with Crippen LogP contribution < -0.4 is 0 Å². The molecular weight excluding hydrogens is 737 g/mol. The first kappa shape index (κ1) is 32.4. The minimum absolute atomic E-state index is 0.315. The smallest absolute Gasteiger partial charge is 0.220 e. The second kappa shape index (κ2) is 11.9. The molecule has 274 valence electrons. The number of aromatic nitrogens is 6. The maximum atomic E-state index is 11.7. The Hall–Kier alpha value is -8.72. The van der Waals surface area contributed by atoms with Crippen LogP contribution in [-0.4, -0.2) is 29.1 Å². The fourth-order valence-corrected chi connectivity index (χ4v) is 10.0. The summed E-state index contributed by atoms with van der Waals surface area (Å²) in [4.78, 5) is 24.9. The van der Waals surface area contributed by atoms with Crippen LogP contribution in [0.5, 0.6) is 0 Å². The van der Waals surface area contributed by atoms with Crippen molar-refractivity contribution in [3.8, 4) is 39.7 Å². The summed E-state index contributed by atoms with van der Waals surface area (Å²) in [5.74, 6) is 0. The molecule has 0 aliphatic carbocycles. The van der Waals surface area contributed by atoms with E-state index in [0.717, 1.165) is 75.8 Å². The average molecular weight is 763 g/mol. The predicted octanol–water partition coefficient (Wildman–Crippen LogP) is 12.7. The number of benzene rings is 7. The Balaban J connectivity index is 1.33. The van der Waals surface area contributed by atoms with E-state index in [-0.39, 0.29) is 0 Å². The van der Waals surface area contributed by atoms with Gasteiger partial charge < -0.3 is 0 Å². The minimum Gasteiger partial charge on any atom is -0.287 e. The van der Waals surface area contributed by atoms with Gasteiger partial charge in [0, 0.05) is 57.5 Å². The van der Waals surface area contributed by atoms with Crippen LogP contribution in [0.15, 0.2) is 158 Å². The Morgan fingerprint density at radius 3 is 1.13 bits per heavy atom. The summed E-state index contributed by atoms with van der Waals surface area (Å²) < 4.78 is 4.13. The third-order valence-electron chi connectivity index (χ3n) is 12.3. The maximum absolute atomic E-state index is 11.7. The van der Waals surface area contributed by atoms with Crippen molar-refractivity contribution in [1.29, 1.82) is 5.26 Å². The molecule has 6 heterocycles. The molecule has 0 unspecified atom stereocenters. The lowest BCUT2D eigenvalue weighted by Gasteiger charge is -2.24. The Labute approximate surface area is 341 Å². The van der Waals surface area contributed by atoms with E-state index in [4.69, 9.17) is 26.5 Å². The lowest BCUT2D eigenvalue weighted by atomic mass is 9.89. The highest BCUT2D eigenvalue weighted by Crippen LogP contribution is 2.53. The highest BCUT2D eigenvalue weighted by atomic mass is 15.1. The van der Waals surface area contributed by atoms with Gasteiger partial charge in [0.05, 0.1) is 23.5 Å². The molecule has 0 radical (unpaired) electrons. The van der Waals surface area contributed by atoms with Gasteiger partial charge in [-0.2, -0.15) is 5.26 Å². The molecular formula is C52H26N8. The van der Waals surface area contributed by atoms with E-state index in [1.807, 2.05) is 85.5 Å². The standard InChI is InChI=1S/C52H26N8/c1-54-46-40(29-12-4-2-5-13-29)39(28-53)47(59-49-42-35(20-24-55-49)31-16-8-9-17-32(31)36-21-25-56-50(59)43(36)42)41(30-14-6-3-7-15-30)48(46)60-51-44-37(22-26-57-51)33-18-10-11-19-34(33)38-23-27-58-52(60)45(38)44/h2-27H. The summed E-state index contributed by atoms with van der Waals surface area (Å²) in [5, 5.41) is 24.2. The third-order valence-corrected chi connectivity index (χ3v) is 12.3. The Bertz CT molecular complexity index is 3620. The van der Waals surface area contributed by atoms with Gasteiger partial charge in [0.25, 0.3) is 0 Å². The van der Waals surface area contributed by atoms with Crippen molar-refractivity contribution >= 4 is 92.9 Å². The van der Waals surface area contributed by atoms with Gasteiger partial charge >= 0.3 is 0 Å². The molecule has 60 heavy (non-hydrogen) atoms. The predicted molar refractivity (Wildman–Crippen MR) is 241 cm³/mol. The number of rotatable bonds is 4. The second-order valence-corrected chi connectivity index (χ2v) is 15.1. The molecule has 0 atom stereocenters. The van der Waals surface area contributed by atoms with E-state index >= 15 is 0 Å². The number of fused-ring (bicyclic) bond motifs is 6. The summed E-state index contributed by atoms with van der Waals surface area (Å²) >= 11 is 0. The number of nitrogens with zero attached hydrogens (tertiary/aromatic N) is 8. The maximum Gasteiger partial charge on any atom is 0.220 e. The van der Waals surface area contributed by atoms with Crippen LogP contribution in [0.3, 0.4) is 0 Å². The van der Waals surface area contributed by atoms with Crippen LogP contribution in [0.1, 0.15) is 5.56 Å². The van der Waals surface area contributed by atoms with Crippen molar-refractivity contribution in [1.82, 2.24) is 29.1 Å². The van der Waals surface area contributed by atoms with Gasteiger partial charge in [0.2, 0.25) is 5.69 Å². The topological polar surface area (TPSA) is 89.6 Å². The fourth-order valence-electron chi connectivity index (χ4n) is 10.0. The summed E-state index contributed by atoms with van der Waals surface area (Å²) in [7, 11) is 0. The Morgan fingerprint density at radius 2 is 0.767 bits per heavy atom. The molecule has 8 heteroatoms. The van der Waals surface area contributed by atoms with Crippen LogP contribution in [0, 0.1) is 17.9 Å². The Morgan fingerprint density at radius 1 is 0.417 bits per heavy atom. The van der Waals surface area contributed by atoms with E-state index in [2.05, 4.69) is 92.8 Å². The van der Waals surface area contributed by atoms with E-state index < -0.39 is 0 Å². The van der Waals surface area contributed by atoms with Crippen LogP contribution >= 0.6 is 0 Å². The van der Waals surface area contributed by atoms with E-state index in [1.165, 1.54) is 0 Å². The van der Waals surface area contributed by atoms with Crippen molar-refractivity contribution in [2.75, 3.05) is 0 Å². The highest BCUT2D eigenvalue weighted by Gasteiger charge is 2.34. The van der Waals surface area contributed by atoms with Crippen molar-refractivity contribution in [2.45, 2.75) is 0 Å². The molecule has 13 rings (SSSR count). The SMILES string of the molecule is [C-]#[N+]c1c(-c2ccccc2)c(C#N)c(-n2c3nccc4c5ccccc5c5ccnc2c5c43)c(-c2ccccc2)c1-n1c2nccc3c4ccccc4c4ccnc1c4c32. The van der Waals surface area contributed by atoms with E-state index in [1.54, 1.807) is 0 Å². The van der Waals surface area contributed by atoms with Crippen molar-refractivity contribution in [3.05, 3.63) is 175 Å². The van der Waals surface area contributed by atoms with E-state index in [0.29, 0.717) is 56.3 Å². The molecule has 8 nitrogen and oxygen atoms in total. The zero-order valence-electron chi connectivity index (χ0n) is 31.6.